The van der Waals surface area contributed by atoms with Crippen LogP contribution in [0.25, 0.3) is 0 Å². The van der Waals surface area contributed by atoms with Crippen molar-refractivity contribution in [3.8, 4) is 11.5 Å². The molecule has 4 nitrogen and oxygen atoms in total. The van der Waals surface area contributed by atoms with Gasteiger partial charge >= 0.3 is 0 Å². The average Bonchev–Trinajstić information content (AvgIpc) is 2.99. The maximum Gasteiger partial charge on any atom is 0.251 e. The highest BCUT2D eigenvalue weighted by Gasteiger charge is 2.15. The molecule has 0 atom stereocenters. The number of ether oxygens (including phenoxy) is 2. The van der Waals surface area contributed by atoms with E-state index in [9.17, 15) is 4.79 Å². The Morgan fingerprint density at radius 1 is 1.04 bits per heavy atom. The van der Waals surface area contributed by atoms with E-state index in [2.05, 4.69) is 26.1 Å². The Labute approximate surface area is 136 Å². The second-order valence-electron chi connectivity index (χ2n) is 6.70. The monoisotopic (exact) mass is 311 g/mol. The number of rotatable bonds is 3. The zero-order valence-corrected chi connectivity index (χ0v) is 13.7. The summed E-state index contributed by atoms with van der Waals surface area (Å²) in [6.45, 7) is 7.17. The third kappa shape index (κ3) is 3.47. The Balaban J connectivity index is 1.63. The van der Waals surface area contributed by atoms with Gasteiger partial charge in [0.05, 0.1) is 0 Å². The number of nitrogens with one attached hydrogen (secondary N) is 1. The summed E-state index contributed by atoms with van der Waals surface area (Å²) in [5.41, 5.74) is 2.94. The fraction of sp³-hybridized carbons (Fsp3) is 0.316. The minimum absolute atomic E-state index is 0.0804. The molecule has 2 aromatic carbocycles. The van der Waals surface area contributed by atoms with Gasteiger partial charge in [0.2, 0.25) is 6.79 Å². The van der Waals surface area contributed by atoms with Crippen LogP contribution in [0.5, 0.6) is 11.5 Å². The van der Waals surface area contributed by atoms with Crippen LogP contribution in [0.4, 0.5) is 0 Å². The Hall–Kier alpha value is -2.49. The molecule has 0 spiro atoms. The minimum Gasteiger partial charge on any atom is -0.454 e. The zero-order valence-electron chi connectivity index (χ0n) is 13.7. The fourth-order valence-corrected chi connectivity index (χ4v) is 2.46. The van der Waals surface area contributed by atoms with Crippen LogP contribution in [0.2, 0.25) is 0 Å². The molecule has 4 heteroatoms. The first kappa shape index (κ1) is 15.4. The van der Waals surface area contributed by atoms with E-state index in [1.54, 1.807) is 0 Å². The van der Waals surface area contributed by atoms with E-state index in [1.807, 2.05) is 42.5 Å². The molecule has 0 aliphatic carbocycles. The molecule has 0 aromatic heterocycles. The maximum absolute atomic E-state index is 12.2. The molecule has 1 heterocycles. The second-order valence-corrected chi connectivity index (χ2v) is 6.70. The highest BCUT2D eigenvalue weighted by molar-refractivity contribution is 5.94. The molecule has 23 heavy (non-hydrogen) atoms. The van der Waals surface area contributed by atoms with Crippen LogP contribution in [0.15, 0.2) is 42.5 Å². The van der Waals surface area contributed by atoms with Gasteiger partial charge in [-0.3, -0.25) is 4.79 Å². The summed E-state index contributed by atoms with van der Waals surface area (Å²) in [7, 11) is 0. The second kappa shape index (κ2) is 5.95. The molecule has 0 radical (unpaired) electrons. The van der Waals surface area contributed by atoms with Gasteiger partial charge in [0, 0.05) is 12.1 Å². The summed E-state index contributed by atoms with van der Waals surface area (Å²) >= 11 is 0. The fourth-order valence-electron chi connectivity index (χ4n) is 2.46. The van der Waals surface area contributed by atoms with Crippen molar-refractivity contribution in [2.45, 2.75) is 32.7 Å². The minimum atomic E-state index is -0.0804. The van der Waals surface area contributed by atoms with Crippen LogP contribution < -0.4 is 14.8 Å². The molecule has 0 saturated heterocycles. The van der Waals surface area contributed by atoms with Crippen molar-refractivity contribution in [2.75, 3.05) is 6.79 Å². The van der Waals surface area contributed by atoms with Crippen LogP contribution in [0, 0.1) is 0 Å². The van der Waals surface area contributed by atoms with Crippen molar-refractivity contribution < 1.29 is 14.3 Å². The van der Waals surface area contributed by atoms with E-state index in [1.165, 1.54) is 5.56 Å². The van der Waals surface area contributed by atoms with Crippen LogP contribution >= 0.6 is 0 Å². The molecule has 1 aliphatic rings. The average molecular weight is 311 g/mol. The van der Waals surface area contributed by atoms with Gasteiger partial charge in [0.25, 0.3) is 5.91 Å². The number of amides is 1. The summed E-state index contributed by atoms with van der Waals surface area (Å²) in [4.78, 5) is 12.2. The summed E-state index contributed by atoms with van der Waals surface area (Å²) in [6.07, 6.45) is 0. The molecular formula is C19H21NO3. The van der Waals surface area contributed by atoms with Crippen LogP contribution in [0.1, 0.15) is 42.3 Å². The lowest BCUT2D eigenvalue weighted by Gasteiger charge is -2.19. The summed E-state index contributed by atoms with van der Waals surface area (Å²) in [5.74, 6) is 1.40. The number of fused-ring (bicyclic) bond motifs is 1. The topological polar surface area (TPSA) is 47.6 Å². The molecule has 1 aliphatic heterocycles. The normalized spacial score (nSPS) is 13.0. The summed E-state index contributed by atoms with van der Waals surface area (Å²) in [6, 6.07) is 13.4. The van der Waals surface area contributed by atoms with E-state index in [0.717, 1.165) is 17.1 Å². The predicted octanol–water partition coefficient (Wildman–Crippen LogP) is 3.64. The lowest BCUT2D eigenvalue weighted by Crippen LogP contribution is -2.23. The first-order chi connectivity index (χ1) is 10.9. The molecule has 3 rings (SSSR count). The number of carbonyl (C=O) groups is 1. The Morgan fingerprint density at radius 3 is 2.43 bits per heavy atom. The van der Waals surface area contributed by atoms with Crippen molar-refractivity contribution in [3.05, 3.63) is 59.2 Å². The van der Waals surface area contributed by atoms with E-state index in [4.69, 9.17) is 9.47 Å². The molecule has 1 N–H and O–H groups in total. The van der Waals surface area contributed by atoms with Crippen molar-refractivity contribution >= 4 is 5.91 Å². The molecule has 2 aromatic rings. The Kier molecular flexibility index (Phi) is 3.99. The number of hydrogen-bond donors (Lipinski definition) is 1. The van der Waals surface area contributed by atoms with Gasteiger partial charge in [0.15, 0.2) is 11.5 Å². The van der Waals surface area contributed by atoms with E-state index >= 15 is 0 Å². The van der Waals surface area contributed by atoms with E-state index < -0.39 is 0 Å². The van der Waals surface area contributed by atoms with Gasteiger partial charge in [-0.1, -0.05) is 39.0 Å². The van der Waals surface area contributed by atoms with E-state index in [0.29, 0.717) is 12.1 Å². The molecule has 1 amide bonds. The smallest absolute Gasteiger partial charge is 0.251 e. The summed E-state index contributed by atoms with van der Waals surface area (Å²) < 4.78 is 10.6. The van der Waals surface area contributed by atoms with Gasteiger partial charge in [0.1, 0.15) is 0 Å². The van der Waals surface area contributed by atoms with Gasteiger partial charge in [-0.15, -0.1) is 0 Å². The van der Waals surface area contributed by atoms with Crippen molar-refractivity contribution in [1.29, 1.82) is 0 Å². The third-order valence-corrected chi connectivity index (χ3v) is 3.90. The lowest BCUT2D eigenvalue weighted by molar-refractivity contribution is 0.0950. The number of benzene rings is 2. The van der Waals surface area contributed by atoms with Gasteiger partial charge in [-0.2, -0.15) is 0 Å². The Morgan fingerprint density at radius 2 is 1.74 bits per heavy atom. The molecule has 120 valence electrons. The molecule has 0 unspecified atom stereocenters. The number of carbonyl (C=O) groups excluding carboxylic acids is 1. The standard InChI is InChI=1S/C19H21NO3/c1-19(2,3)15-7-5-14(6-8-15)18(21)20-11-13-4-9-16-17(10-13)23-12-22-16/h4-10H,11-12H2,1-3H3,(H,20,21). The van der Waals surface area contributed by atoms with Gasteiger partial charge in [-0.05, 0) is 40.8 Å². The van der Waals surface area contributed by atoms with Crippen molar-refractivity contribution in [2.24, 2.45) is 0 Å². The van der Waals surface area contributed by atoms with Crippen molar-refractivity contribution in [1.82, 2.24) is 5.32 Å². The molecule has 0 saturated carbocycles. The van der Waals surface area contributed by atoms with Crippen molar-refractivity contribution in [3.63, 3.8) is 0 Å². The quantitative estimate of drug-likeness (QED) is 0.941. The van der Waals surface area contributed by atoms with Crippen LogP contribution in [0.3, 0.4) is 0 Å². The third-order valence-electron chi connectivity index (χ3n) is 3.90. The van der Waals surface area contributed by atoms with E-state index in [-0.39, 0.29) is 18.1 Å². The predicted molar refractivity (Wildman–Crippen MR) is 88.9 cm³/mol. The van der Waals surface area contributed by atoms with Crippen LogP contribution in [-0.4, -0.2) is 12.7 Å². The lowest BCUT2D eigenvalue weighted by atomic mass is 9.87. The maximum atomic E-state index is 12.2. The number of hydrogen-bond acceptors (Lipinski definition) is 3. The SMILES string of the molecule is CC(C)(C)c1ccc(C(=O)NCc2ccc3c(c2)OCO3)cc1. The highest BCUT2D eigenvalue weighted by Crippen LogP contribution is 2.32. The Bertz CT molecular complexity index is 714. The first-order valence-electron chi connectivity index (χ1n) is 7.71. The molecular weight excluding hydrogens is 290 g/mol. The largest absolute Gasteiger partial charge is 0.454 e. The first-order valence-corrected chi connectivity index (χ1v) is 7.71. The summed E-state index contributed by atoms with van der Waals surface area (Å²) in [5, 5.41) is 2.93. The highest BCUT2D eigenvalue weighted by atomic mass is 16.7. The van der Waals surface area contributed by atoms with Gasteiger partial charge < -0.3 is 14.8 Å². The molecule has 0 fully saturated rings. The zero-order chi connectivity index (χ0) is 16.4. The molecule has 0 bridgehead atoms. The van der Waals surface area contributed by atoms with Gasteiger partial charge in [-0.25, -0.2) is 0 Å². The van der Waals surface area contributed by atoms with Crippen LogP contribution in [-0.2, 0) is 12.0 Å².